The van der Waals surface area contributed by atoms with Gasteiger partial charge in [0.15, 0.2) is 0 Å². The molecule has 1 unspecified atom stereocenters. The van der Waals surface area contributed by atoms with Crippen molar-refractivity contribution >= 4 is 11.7 Å². The standard InChI is InChI=1S/C13H21N3O3/c1-16(2)13(17)10-5-6-12(14-7-10)15-8-11(19-4)9-18-3/h5-7,11H,8-9H2,1-4H3,(H,14,15). The van der Waals surface area contributed by atoms with E-state index in [4.69, 9.17) is 9.47 Å². The molecule has 1 aromatic heterocycles. The van der Waals surface area contributed by atoms with Crippen LogP contribution in [0.1, 0.15) is 10.4 Å². The summed E-state index contributed by atoms with van der Waals surface area (Å²) in [5.41, 5.74) is 0.565. The van der Waals surface area contributed by atoms with Gasteiger partial charge in [0.1, 0.15) is 5.82 Å². The number of pyridine rings is 1. The Morgan fingerprint density at radius 2 is 2.16 bits per heavy atom. The molecule has 0 bridgehead atoms. The molecule has 0 saturated heterocycles. The summed E-state index contributed by atoms with van der Waals surface area (Å²) in [4.78, 5) is 17.4. The number of carbonyl (C=O) groups is 1. The van der Waals surface area contributed by atoms with Crippen molar-refractivity contribution in [1.29, 1.82) is 0 Å². The molecule has 1 amide bonds. The number of carbonyl (C=O) groups excluding carboxylic acids is 1. The molecule has 6 heteroatoms. The van der Waals surface area contributed by atoms with Crippen molar-refractivity contribution in [2.24, 2.45) is 0 Å². The molecular formula is C13H21N3O3. The van der Waals surface area contributed by atoms with Crippen LogP contribution in [-0.2, 0) is 9.47 Å². The van der Waals surface area contributed by atoms with E-state index >= 15 is 0 Å². The Morgan fingerprint density at radius 3 is 2.63 bits per heavy atom. The minimum Gasteiger partial charge on any atom is -0.382 e. The van der Waals surface area contributed by atoms with Crippen LogP contribution < -0.4 is 5.32 Å². The van der Waals surface area contributed by atoms with Crippen molar-refractivity contribution in [3.05, 3.63) is 23.9 Å². The molecule has 6 nitrogen and oxygen atoms in total. The zero-order chi connectivity index (χ0) is 14.3. The zero-order valence-electron chi connectivity index (χ0n) is 11.8. The summed E-state index contributed by atoms with van der Waals surface area (Å²) in [6.45, 7) is 1.11. The monoisotopic (exact) mass is 267 g/mol. The van der Waals surface area contributed by atoms with Gasteiger partial charge in [-0.05, 0) is 12.1 Å². The summed E-state index contributed by atoms with van der Waals surface area (Å²) in [6.07, 6.45) is 1.53. The van der Waals surface area contributed by atoms with Crippen LogP contribution in [0, 0.1) is 0 Å². The molecule has 1 rings (SSSR count). The Morgan fingerprint density at radius 1 is 1.42 bits per heavy atom. The second-order valence-corrected chi connectivity index (χ2v) is 4.33. The summed E-state index contributed by atoms with van der Waals surface area (Å²) >= 11 is 0. The number of amides is 1. The molecule has 0 radical (unpaired) electrons. The molecule has 0 fully saturated rings. The van der Waals surface area contributed by atoms with E-state index in [0.717, 1.165) is 0 Å². The van der Waals surface area contributed by atoms with Crippen LogP contribution in [0.5, 0.6) is 0 Å². The van der Waals surface area contributed by atoms with Gasteiger partial charge in [-0.3, -0.25) is 4.79 Å². The molecular weight excluding hydrogens is 246 g/mol. The number of rotatable bonds is 7. The fourth-order valence-electron chi connectivity index (χ4n) is 1.50. The van der Waals surface area contributed by atoms with Gasteiger partial charge >= 0.3 is 0 Å². The van der Waals surface area contributed by atoms with Crippen molar-refractivity contribution in [2.75, 3.05) is 46.8 Å². The molecule has 0 aromatic carbocycles. The maximum atomic E-state index is 11.7. The van der Waals surface area contributed by atoms with E-state index in [1.54, 1.807) is 46.6 Å². The van der Waals surface area contributed by atoms with Crippen LogP contribution in [0.25, 0.3) is 0 Å². The van der Waals surface area contributed by atoms with E-state index in [2.05, 4.69) is 10.3 Å². The highest BCUT2D eigenvalue weighted by atomic mass is 16.5. The van der Waals surface area contributed by atoms with Gasteiger partial charge in [0.25, 0.3) is 5.91 Å². The lowest BCUT2D eigenvalue weighted by atomic mass is 10.2. The molecule has 1 N–H and O–H groups in total. The quantitative estimate of drug-likeness (QED) is 0.793. The van der Waals surface area contributed by atoms with Crippen molar-refractivity contribution in [2.45, 2.75) is 6.10 Å². The average Bonchev–Trinajstić information content (AvgIpc) is 2.43. The number of nitrogens with zero attached hydrogens (tertiary/aromatic N) is 2. The van der Waals surface area contributed by atoms with E-state index in [9.17, 15) is 4.79 Å². The van der Waals surface area contributed by atoms with Crippen molar-refractivity contribution < 1.29 is 14.3 Å². The van der Waals surface area contributed by atoms with Crippen molar-refractivity contribution in [3.63, 3.8) is 0 Å². The molecule has 19 heavy (non-hydrogen) atoms. The highest BCUT2D eigenvalue weighted by Crippen LogP contribution is 2.07. The number of hydrogen-bond donors (Lipinski definition) is 1. The second-order valence-electron chi connectivity index (χ2n) is 4.33. The predicted octanol–water partition coefficient (Wildman–Crippen LogP) is 0.857. The predicted molar refractivity (Wildman–Crippen MR) is 73.4 cm³/mol. The van der Waals surface area contributed by atoms with Gasteiger partial charge < -0.3 is 19.7 Å². The minimum atomic E-state index is -0.0619. The lowest BCUT2D eigenvalue weighted by Gasteiger charge is -2.15. The average molecular weight is 267 g/mol. The first-order valence-electron chi connectivity index (χ1n) is 6.01. The van der Waals surface area contributed by atoms with Crippen LogP contribution in [-0.4, -0.2) is 63.4 Å². The molecule has 0 aliphatic heterocycles. The second kappa shape index (κ2) is 7.70. The van der Waals surface area contributed by atoms with E-state index in [0.29, 0.717) is 24.5 Å². The van der Waals surface area contributed by atoms with Gasteiger partial charge in [0, 0.05) is 41.1 Å². The highest BCUT2D eigenvalue weighted by molar-refractivity contribution is 5.93. The first-order valence-corrected chi connectivity index (χ1v) is 6.01. The third-order valence-corrected chi connectivity index (χ3v) is 2.61. The molecule has 1 atom stereocenters. The van der Waals surface area contributed by atoms with E-state index in [1.807, 2.05) is 0 Å². The summed E-state index contributed by atoms with van der Waals surface area (Å²) in [5.74, 6) is 0.640. The molecule has 1 aromatic rings. The third-order valence-electron chi connectivity index (χ3n) is 2.61. The van der Waals surface area contributed by atoms with Crippen LogP contribution in [0.3, 0.4) is 0 Å². The third kappa shape index (κ3) is 4.84. The van der Waals surface area contributed by atoms with Gasteiger partial charge in [-0.25, -0.2) is 4.98 Å². The van der Waals surface area contributed by atoms with Crippen LogP contribution >= 0.6 is 0 Å². The zero-order valence-corrected chi connectivity index (χ0v) is 11.8. The van der Waals surface area contributed by atoms with Crippen molar-refractivity contribution in [1.82, 2.24) is 9.88 Å². The molecule has 1 heterocycles. The first-order chi connectivity index (χ1) is 9.08. The Hall–Kier alpha value is -1.66. The highest BCUT2D eigenvalue weighted by Gasteiger charge is 2.09. The number of ether oxygens (including phenoxy) is 2. The Kier molecular flexibility index (Phi) is 6.24. The van der Waals surface area contributed by atoms with Crippen molar-refractivity contribution in [3.8, 4) is 0 Å². The maximum Gasteiger partial charge on any atom is 0.254 e. The van der Waals surface area contributed by atoms with Gasteiger partial charge in [-0.1, -0.05) is 0 Å². The smallest absolute Gasteiger partial charge is 0.254 e. The van der Waals surface area contributed by atoms with Gasteiger partial charge in [0.05, 0.1) is 18.3 Å². The van der Waals surface area contributed by atoms with Gasteiger partial charge in [-0.15, -0.1) is 0 Å². The number of methoxy groups -OCH3 is 2. The Labute approximate surface area is 113 Å². The topological polar surface area (TPSA) is 63.7 Å². The summed E-state index contributed by atoms with van der Waals surface area (Å²) < 4.78 is 10.3. The lowest BCUT2D eigenvalue weighted by Crippen LogP contribution is -2.27. The molecule has 0 spiro atoms. The first kappa shape index (κ1) is 15.4. The number of aromatic nitrogens is 1. The molecule has 106 valence electrons. The van der Waals surface area contributed by atoms with E-state index in [-0.39, 0.29) is 12.0 Å². The molecule has 0 aliphatic carbocycles. The number of hydrogen-bond acceptors (Lipinski definition) is 5. The Balaban J connectivity index is 2.55. The van der Waals surface area contributed by atoms with Gasteiger partial charge in [0.2, 0.25) is 0 Å². The Bertz CT molecular complexity index is 393. The van der Waals surface area contributed by atoms with Crippen LogP contribution in [0.4, 0.5) is 5.82 Å². The molecule has 0 saturated carbocycles. The minimum absolute atomic E-state index is 0.0325. The fraction of sp³-hybridized carbons (Fsp3) is 0.538. The number of nitrogens with one attached hydrogen (secondary N) is 1. The summed E-state index contributed by atoms with van der Waals surface area (Å²) in [5, 5.41) is 3.13. The maximum absolute atomic E-state index is 11.7. The SMILES string of the molecule is COCC(CNc1ccc(C(=O)N(C)C)cn1)OC. The summed E-state index contributed by atoms with van der Waals surface area (Å²) in [7, 11) is 6.69. The van der Waals surface area contributed by atoms with E-state index < -0.39 is 0 Å². The lowest BCUT2D eigenvalue weighted by molar-refractivity contribution is 0.0365. The fourth-order valence-corrected chi connectivity index (χ4v) is 1.50. The number of anilines is 1. The van der Waals surface area contributed by atoms with Crippen LogP contribution in [0.15, 0.2) is 18.3 Å². The van der Waals surface area contributed by atoms with Crippen LogP contribution in [0.2, 0.25) is 0 Å². The summed E-state index contributed by atoms with van der Waals surface area (Å²) in [6, 6.07) is 3.52. The largest absolute Gasteiger partial charge is 0.382 e. The van der Waals surface area contributed by atoms with Gasteiger partial charge in [-0.2, -0.15) is 0 Å². The normalized spacial score (nSPS) is 12.0. The van der Waals surface area contributed by atoms with E-state index in [1.165, 1.54) is 4.90 Å². The molecule has 0 aliphatic rings.